The number of fused-ring (bicyclic) bond motifs is 1. The molecule has 0 amide bonds. The van der Waals surface area contributed by atoms with Crippen molar-refractivity contribution in [3.63, 3.8) is 0 Å². The molecule has 2 aromatic rings. The SMILES string of the molecule is CCCn1c(CC2CCC(C(=O)O)N2)nc2ccccc21. The third-order valence-corrected chi connectivity index (χ3v) is 4.15. The molecule has 3 rings (SSSR count). The van der Waals surface area contributed by atoms with Crippen LogP contribution in [0.3, 0.4) is 0 Å². The van der Waals surface area contributed by atoms with Gasteiger partial charge < -0.3 is 15.0 Å². The zero-order valence-electron chi connectivity index (χ0n) is 12.2. The molecule has 21 heavy (non-hydrogen) atoms. The fourth-order valence-corrected chi connectivity index (χ4v) is 3.15. The van der Waals surface area contributed by atoms with E-state index >= 15 is 0 Å². The number of nitrogens with one attached hydrogen (secondary N) is 1. The molecule has 1 fully saturated rings. The Kier molecular flexibility index (Phi) is 3.92. The summed E-state index contributed by atoms with van der Waals surface area (Å²) in [6, 6.07) is 7.98. The van der Waals surface area contributed by atoms with Crippen molar-refractivity contribution in [3.05, 3.63) is 30.1 Å². The second-order valence-electron chi connectivity index (χ2n) is 5.70. The van der Waals surface area contributed by atoms with Crippen molar-refractivity contribution in [2.24, 2.45) is 0 Å². The summed E-state index contributed by atoms with van der Waals surface area (Å²) < 4.78 is 2.27. The number of para-hydroxylation sites is 2. The van der Waals surface area contributed by atoms with E-state index < -0.39 is 12.0 Å². The van der Waals surface area contributed by atoms with Crippen LogP contribution in [0, 0.1) is 0 Å². The molecule has 0 spiro atoms. The molecule has 1 aromatic carbocycles. The number of nitrogens with zero attached hydrogens (tertiary/aromatic N) is 2. The van der Waals surface area contributed by atoms with Crippen molar-refractivity contribution in [2.45, 2.75) is 51.2 Å². The molecule has 2 atom stereocenters. The summed E-state index contributed by atoms with van der Waals surface area (Å²) in [5.74, 6) is 0.307. The monoisotopic (exact) mass is 287 g/mol. The number of aryl methyl sites for hydroxylation is 1. The van der Waals surface area contributed by atoms with Crippen LogP contribution in [0.25, 0.3) is 11.0 Å². The Hall–Kier alpha value is -1.88. The minimum atomic E-state index is -0.750. The van der Waals surface area contributed by atoms with Crippen LogP contribution in [0.1, 0.15) is 32.0 Å². The molecule has 0 radical (unpaired) electrons. The molecule has 1 aliphatic heterocycles. The minimum Gasteiger partial charge on any atom is -0.480 e. The van der Waals surface area contributed by atoms with E-state index in [2.05, 4.69) is 22.9 Å². The summed E-state index contributed by atoms with van der Waals surface area (Å²) in [4.78, 5) is 15.8. The quantitative estimate of drug-likeness (QED) is 0.884. The molecular weight excluding hydrogens is 266 g/mol. The van der Waals surface area contributed by atoms with E-state index in [1.54, 1.807) is 0 Å². The highest BCUT2D eigenvalue weighted by molar-refractivity contribution is 5.76. The number of carboxylic acid groups (broad SMARTS) is 1. The maximum absolute atomic E-state index is 11.0. The highest BCUT2D eigenvalue weighted by Gasteiger charge is 2.29. The number of aromatic nitrogens is 2. The molecule has 0 bridgehead atoms. The number of aliphatic carboxylic acids is 1. The van der Waals surface area contributed by atoms with Crippen LogP contribution in [0.15, 0.2) is 24.3 Å². The maximum Gasteiger partial charge on any atom is 0.320 e. The number of hydrogen-bond donors (Lipinski definition) is 2. The largest absolute Gasteiger partial charge is 0.480 e. The lowest BCUT2D eigenvalue weighted by molar-refractivity contribution is -0.139. The van der Waals surface area contributed by atoms with Gasteiger partial charge in [-0.2, -0.15) is 0 Å². The average molecular weight is 287 g/mol. The zero-order valence-corrected chi connectivity index (χ0v) is 12.2. The van der Waals surface area contributed by atoms with Crippen LogP contribution in [0.4, 0.5) is 0 Å². The lowest BCUT2D eigenvalue weighted by Crippen LogP contribution is -2.36. The summed E-state index contributed by atoms with van der Waals surface area (Å²) in [5, 5.41) is 12.3. The Bertz CT molecular complexity index is 650. The Labute approximate surface area is 124 Å². The minimum absolute atomic E-state index is 0.207. The van der Waals surface area contributed by atoms with Gasteiger partial charge in [-0.3, -0.25) is 4.79 Å². The van der Waals surface area contributed by atoms with Gasteiger partial charge in [-0.15, -0.1) is 0 Å². The van der Waals surface area contributed by atoms with E-state index in [1.165, 1.54) is 5.52 Å². The second-order valence-corrected chi connectivity index (χ2v) is 5.70. The van der Waals surface area contributed by atoms with Gasteiger partial charge in [0, 0.05) is 19.0 Å². The summed E-state index contributed by atoms with van der Waals surface area (Å²) in [6.07, 6.45) is 3.45. The number of rotatable bonds is 5. The third kappa shape index (κ3) is 2.78. The molecule has 0 aliphatic carbocycles. The molecule has 1 aromatic heterocycles. The topological polar surface area (TPSA) is 67.2 Å². The smallest absolute Gasteiger partial charge is 0.320 e. The Morgan fingerprint density at radius 1 is 1.43 bits per heavy atom. The van der Waals surface area contributed by atoms with Crippen molar-refractivity contribution in [3.8, 4) is 0 Å². The molecule has 1 saturated heterocycles. The van der Waals surface area contributed by atoms with Crippen molar-refractivity contribution in [1.82, 2.24) is 14.9 Å². The van der Waals surface area contributed by atoms with Gasteiger partial charge in [0.25, 0.3) is 0 Å². The van der Waals surface area contributed by atoms with Gasteiger partial charge in [-0.1, -0.05) is 19.1 Å². The summed E-state index contributed by atoms with van der Waals surface area (Å²) in [6.45, 7) is 3.11. The van der Waals surface area contributed by atoms with E-state index in [0.717, 1.165) is 37.1 Å². The van der Waals surface area contributed by atoms with Crippen molar-refractivity contribution in [1.29, 1.82) is 0 Å². The van der Waals surface area contributed by atoms with Crippen LogP contribution < -0.4 is 5.32 Å². The molecule has 2 heterocycles. The Balaban J connectivity index is 1.83. The number of benzene rings is 1. The Morgan fingerprint density at radius 2 is 2.24 bits per heavy atom. The lowest BCUT2D eigenvalue weighted by atomic mass is 10.1. The van der Waals surface area contributed by atoms with Gasteiger partial charge in [0.2, 0.25) is 0 Å². The number of carboxylic acids is 1. The van der Waals surface area contributed by atoms with E-state index in [9.17, 15) is 4.79 Å². The standard InChI is InChI=1S/C16H21N3O2/c1-2-9-19-14-6-4-3-5-12(14)18-15(19)10-11-7-8-13(17-11)16(20)21/h3-6,11,13,17H,2,7-10H2,1H3,(H,20,21). The van der Waals surface area contributed by atoms with Crippen LogP contribution in [0.5, 0.6) is 0 Å². The first-order chi connectivity index (χ1) is 10.2. The predicted molar refractivity (Wildman–Crippen MR) is 81.3 cm³/mol. The molecule has 1 aliphatic rings. The van der Waals surface area contributed by atoms with E-state index in [4.69, 9.17) is 10.1 Å². The fourth-order valence-electron chi connectivity index (χ4n) is 3.15. The van der Waals surface area contributed by atoms with E-state index in [-0.39, 0.29) is 6.04 Å². The van der Waals surface area contributed by atoms with Gasteiger partial charge >= 0.3 is 5.97 Å². The van der Waals surface area contributed by atoms with Crippen LogP contribution in [-0.4, -0.2) is 32.7 Å². The van der Waals surface area contributed by atoms with E-state index in [0.29, 0.717) is 6.42 Å². The number of imidazole rings is 1. The number of carbonyl (C=O) groups is 1. The zero-order chi connectivity index (χ0) is 14.8. The molecule has 112 valence electrons. The third-order valence-electron chi connectivity index (χ3n) is 4.15. The summed E-state index contributed by atoms with van der Waals surface area (Å²) >= 11 is 0. The highest BCUT2D eigenvalue weighted by Crippen LogP contribution is 2.21. The first-order valence-electron chi connectivity index (χ1n) is 7.62. The average Bonchev–Trinajstić information content (AvgIpc) is 3.06. The van der Waals surface area contributed by atoms with Crippen LogP contribution >= 0.6 is 0 Å². The Morgan fingerprint density at radius 3 is 2.95 bits per heavy atom. The molecule has 5 nitrogen and oxygen atoms in total. The number of hydrogen-bond acceptors (Lipinski definition) is 3. The normalized spacial score (nSPS) is 22.0. The van der Waals surface area contributed by atoms with Gasteiger partial charge in [-0.05, 0) is 31.4 Å². The highest BCUT2D eigenvalue weighted by atomic mass is 16.4. The van der Waals surface area contributed by atoms with Crippen LogP contribution in [-0.2, 0) is 17.8 Å². The first-order valence-corrected chi connectivity index (χ1v) is 7.62. The molecule has 2 unspecified atom stereocenters. The van der Waals surface area contributed by atoms with Crippen LogP contribution in [0.2, 0.25) is 0 Å². The fraction of sp³-hybridized carbons (Fsp3) is 0.500. The molecule has 0 saturated carbocycles. The molecular formula is C16H21N3O2. The van der Waals surface area contributed by atoms with Gasteiger partial charge in [-0.25, -0.2) is 4.98 Å². The van der Waals surface area contributed by atoms with Crippen molar-refractivity contribution in [2.75, 3.05) is 0 Å². The summed E-state index contributed by atoms with van der Waals surface area (Å²) in [5.41, 5.74) is 2.19. The van der Waals surface area contributed by atoms with Gasteiger partial charge in [0.1, 0.15) is 11.9 Å². The lowest BCUT2D eigenvalue weighted by Gasteiger charge is -2.13. The molecule has 5 heteroatoms. The van der Waals surface area contributed by atoms with Crippen molar-refractivity contribution >= 4 is 17.0 Å². The predicted octanol–water partition coefficient (Wildman–Crippen LogP) is 2.19. The van der Waals surface area contributed by atoms with Gasteiger partial charge in [0.05, 0.1) is 11.0 Å². The van der Waals surface area contributed by atoms with E-state index in [1.807, 2.05) is 18.2 Å². The van der Waals surface area contributed by atoms with Gasteiger partial charge in [0.15, 0.2) is 0 Å². The first kappa shape index (κ1) is 14.1. The molecule has 2 N–H and O–H groups in total. The summed E-state index contributed by atoms with van der Waals surface area (Å²) in [7, 11) is 0. The second kappa shape index (κ2) is 5.85. The maximum atomic E-state index is 11.0. The van der Waals surface area contributed by atoms with Crippen molar-refractivity contribution < 1.29 is 9.90 Å².